The Kier molecular flexibility index (Phi) is 7.45. The fourth-order valence-electron chi connectivity index (χ4n) is 4.46. The first-order valence-electron chi connectivity index (χ1n) is 11.9. The molecule has 10 heteroatoms. The van der Waals surface area contributed by atoms with Gasteiger partial charge in [-0.1, -0.05) is 35.4 Å². The largest absolute Gasteiger partial charge is 0.468 e. The van der Waals surface area contributed by atoms with Crippen LogP contribution in [-0.2, 0) is 24.4 Å². The van der Waals surface area contributed by atoms with Crippen molar-refractivity contribution in [3.05, 3.63) is 111 Å². The standard InChI is InChI=1S/C27H27ClN6O3/c1-18-5-10-24-20(14-18)15-23(27(35)29-24)25(26-30-31-32-34(26)11-13-36-2)33(17-22-4-3-12-37-22)16-19-6-8-21(28)9-7-19/h3-10,12,14-15,25H,11,13,16-17H2,1-2H3,(H,29,35)/t25-/m1/s1. The number of nitrogens with zero attached hydrogens (tertiary/aromatic N) is 5. The second-order valence-corrected chi connectivity index (χ2v) is 9.35. The Hall–Kier alpha value is -3.79. The molecule has 5 aromatic rings. The van der Waals surface area contributed by atoms with E-state index in [-0.39, 0.29) is 5.56 Å². The van der Waals surface area contributed by atoms with Gasteiger partial charge < -0.3 is 14.1 Å². The topological polar surface area (TPSA) is 102 Å². The number of benzene rings is 2. The maximum atomic E-state index is 13.6. The molecule has 5 rings (SSSR count). The Bertz CT molecular complexity index is 1530. The van der Waals surface area contributed by atoms with Crippen LogP contribution in [0.2, 0.25) is 5.02 Å². The molecule has 1 atom stereocenters. The smallest absolute Gasteiger partial charge is 0.253 e. The van der Waals surface area contributed by atoms with Crippen LogP contribution in [0.4, 0.5) is 0 Å². The molecular formula is C27H27ClN6O3. The van der Waals surface area contributed by atoms with Gasteiger partial charge >= 0.3 is 0 Å². The molecule has 3 heterocycles. The third kappa shape index (κ3) is 5.64. The normalized spacial score (nSPS) is 12.4. The number of nitrogens with one attached hydrogen (secondary N) is 1. The lowest BCUT2D eigenvalue weighted by Gasteiger charge is -2.30. The number of aromatic nitrogens is 5. The van der Waals surface area contributed by atoms with Crippen LogP contribution in [0.15, 0.2) is 76.1 Å². The SMILES string of the molecule is COCCn1nnnc1[C@@H](c1cc2cc(C)ccc2[nH]c1=O)N(Cc1ccc(Cl)cc1)Cc1ccco1. The summed E-state index contributed by atoms with van der Waals surface area (Å²) in [6.07, 6.45) is 1.64. The number of hydrogen-bond donors (Lipinski definition) is 1. The van der Waals surface area contributed by atoms with Gasteiger partial charge in [0.05, 0.1) is 26.0 Å². The molecule has 0 aliphatic carbocycles. The molecule has 0 bridgehead atoms. The Labute approximate surface area is 218 Å². The molecular weight excluding hydrogens is 492 g/mol. The fourth-order valence-corrected chi connectivity index (χ4v) is 4.58. The molecule has 0 aliphatic rings. The van der Waals surface area contributed by atoms with E-state index in [1.54, 1.807) is 18.1 Å². The van der Waals surface area contributed by atoms with Gasteiger partial charge in [0, 0.05) is 29.8 Å². The molecule has 0 amide bonds. The van der Waals surface area contributed by atoms with Crippen molar-refractivity contribution in [2.75, 3.05) is 13.7 Å². The quantitative estimate of drug-likeness (QED) is 0.290. The van der Waals surface area contributed by atoms with Crippen LogP contribution >= 0.6 is 11.6 Å². The minimum atomic E-state index is -0.582. The molecule has 0 fully saturated rings. The predicted molar refractivity (Wildman–Crippen MR) is 140 cm³/mol. The average molecular weight is 519 g/mol. The summed E-state index contributed by atoms with van der Waals surface area (Å²) >= 11 is 6.15. The number of aryl methyl sites for hydroxylation is 1. The van der Waals surface area contributed by atoms with Crippen molar-refractivity contribution in [3.63, 3.8) is 0 Å². The molecule has 190 valence electrons. The Balaban J connectivity index is 1.68. The van der Waals surface area contributed by atoms with E-state index >= 15 is 0 Å². The van der Waals surface area contributed by atoms with E-state index in [9.17, 15) is 4.79 Å². The number of ether oxygens (including phenoxy) is 1. The highest BCUT2D eigenvalue weighted by Crippen LogP contribution is 2.30. The first-order chi connectivity index (χ1) is 18.0. The summed E-state index contributed by atoms with van der Waals surface area (Å²) in [5.41, 5.74) is 3.22. The van der Waals surface area contributed by atoms with E-state index in [1.165, 1.54) is 0 Å². The number of furan rings is 1. The molecule has 1 N–H and O–H groups in total. The minimum absolute atomic E-state index is 0.205. The molecule has 0 unspecified atom stereocenters. The van der Waals surface area contributed by atoms with Crippen LogP contribution in [0, 0.1) is 6.92 Å². The zero-order chi connectivity index (χ0) is 25.8. The van der Waals surface area contributed by atoms with Crippen molar-refractivity contribution < 1.29 is 9.15 Å². The average Bonchev–Trinajstić information content (AvgIpc) is 3.57. The van der Waals surface area contributed by atoms with E-state index < -0.39 is 6.04 Å². The van der Waals surface area contributed by atoms with E-state index in [0.717, 1.165) is 27.8 Å². The van der Waals surface area contributed by atoms with Crippen molar-refractivity contribution in [1.29, 1.82) is 0 Å². The summed E-state index contributed by atoms with van der Waals surface area (Å²) in [5, 5.41) is 14.1. The maximum absolute atomic E-state index is 13.6. The van der Waals surface area contributed by atoms with Crippen molar-refractivity contribution in [1.82, 2.24) is 30.1 Å². The Morgan fingerprint density at radius 2 is 1.97 bits per heavy atom. The van der Waals surface area contributed by atoms with E-state index in [1.807, 2.05) is 61.5 Å². The number of methoxy groups -OCH3 is 1. The summed E-state index contributed by atoms with van der Waals surface area (Å²) in [6.45, 7) is 3.80. The van der Waals surface area contributed by atoms with Gasteiger partial charge in [0.1, 0.15) is 11.8 Å². The van der Waals surface area contributed by atoms with Crippen molar-refractivity contribution >= 4 is 22.5 Å². The molecule has 0 spiro atoms. The zero-order valence-electron chi connectivity index (χ0n) is 20.6. The highest BCUT2D eigenvalue weighted by Gasteiger charge is 2.31. The number of fused-ring (bicyclic) bond motifs is 1. The summed E-state index contributed by atoms with van der Waals surface area (Å²) < 4.78 is 12.7. The fraction of sp³-hybridized carbons (Fsp3) is 0.259. The molecule has 9 nitrogen and oxygen atoms in total. The van der Waals surface area contributed by atoms with E-state index in [2.05, 4.69) is 31.5 Å². The van der Waals surface area contributed by atoms with Crippen LogP contribution in [0.25, 0.3) is 10.9 Å². The Morgan fingerprint density at radius 3 is 2.73 bits per heavy atom. The molecule has 0 saturated carbocycles. The highest BCUT2D eigenvalue weighted by molar-refractivity contribution is 6.30. The highest BCUT2D eigenvalue weighted by atomic mass is 35.5. The number of hydrogen-bond acceptors (Lipinski definition) is 7. The lowest BCUT2D eigenvalue weighted by Crippen LogP contribution is -2.35. The van der Waals surface area contributed by atoms with Gasteiger partial charge in [-0.25, -0.2) is 4.68 Å². The number of halogens is 1. The predicted octanol–water partition coefficient (Wildman–Crippen LogP) is 4.51. The van der Waals surface area contributed by atoms with Crippen LogP contribution in [-0.4, -0.2) is 43.8 Å². The number of rotatable bonds is 10. The Morgan fingerprint density at radius 1 is 1.14 bits per heavy atom. The summed E-state index contributed by atoms with van der Waals surface area (Å²) in [6, 6.07) is 18.7. The molecule has 37 heavy (non-hydrogen) atoms. The van der Waals surface area contributed by atoms with Crippen LogP contribution in [0.1, 0.15) is 34.3 Å². The summed E-state index contributed by atoms with van der Waals surface area (Å²) in [7, 11) is 1.63. The van der Waals surface area contributed by atoms with Crippen LogP contribution in [0.3, 0.4) is 0 Å². The minimum Gasteiger partial charge on any atom is -0.468 e. The molecule has 0 aliphatic heterocycles. The molecule has 2 aromatic carbocycles. The van der Waals surface area contributed by atoms with Crippen LogP contribution in [0.5, 0.6) is 0 Å². The maximum Gasteiger partial charge on any atom is 0.253 e. The zero-order valence-corrected chi connectivity index (χ0v) is 21.4. The molecule has 3 aromatic heterocycles. The van der Waals surface area contributed by atoms with Gasteiger partial charge in [0.25, 0.3) is 5.56 Å². The van der Waals surface area contributed by atoms with Gasteiger partial charge in [-0.2, -0.15) is 0 Å². The number of pyridine rings is 1. The van der Waals surface area contributed by atoms with E-state index in [4.69, 9.17) is 20.8 Å². The van der Waals surface area contributed by atoms with E-state index in [0.29, 0.717) is 42.7 Å². The lowest BCUT2D eigenvalue weighted by atomic mass is 10.0. The first-order valence-corrected chi connectivity index (χ1v) is 12.3. The number of H-pyrrole nitrogens is 1. The monoisotopic (exact) mass is 518 g/mol. The van der Waals surface area contributed by atoms with Crippen molar-refractivity contribution in [3.8, 4) is 0 Å². The van der Waals surface area contributed by atoms with Gasteiger partial charge in [0.2, 0.25) is 0 Å². The molecule has 0 saturated heterocycles. The number of tetrazole rings is 1. The third-order valence-electron chi connectivity index (χ3n) is 6.24. The van der Waals surface area contributed by atoms with Gasteiger partial charge in [-0.05, 0) is 70.8 Å². The number of aromatic amines is 1. The second-order valence-electron chi connectivity index (χ2n) is 8.91. The lowest BCUT2D eigenvalue weighted by molar-refractivity contribution is 0.163. The van der Waals surface area contributed by atoms with Gasteiger partial charge in [-0.15, -0.1) is 5.10 Å². The van der Waals surface area contributed by atoms with Gasteiger partial charge in [-0.3, -0.25) is 9.69 Å². The third-order valence-corrected chi connectivity index (χ3v) is 6.49. The van der Waals surface area contributed by atoms with Gasteiger partial charge in [0.15, 0.2) is 5.82 Å². The summed E-state index contributed by atoms with van der Waals surface area (Å²) in [4.78, 5) is 18.7. The van der Waals surface area contributed by atoms with Crippen LogP contribution < -0.4 is 5.56 Å². The van der Waals surface area contributed by atoms with Crippen molar-refractivity contribution in [2.45, 2.75) is 32.6 Å². The summed E-state index contributed by atoms with van der Waals surface area (Å²) in [5.74, 6) is 1.29. The first kappa shape index (κ1) is 24.9. The second kappa shape index (κ2) is 11.1. The molecule has 0 radical (unpaired) electrons. The van der Waals surface area contributed by atoms with Crippen molar-refractivity contribution in [2.24, 2.45) is 0 Å².